The van der Waals surface area contributed by atoms with Crippen LogP contribution in [0.3, 0.4) is 0 Å². The van der Waals surface area contributed by atoms with Crippen LogP contribution in [0, 0.1) is 5.92 Å². The van der Waals surface area contributed by atoms with E-state index in [0.29, 0.717) is 31.2 Å². The Bertz CT molecular complexity index is 531. The van der Waals surface area contributed by atoms with Gasteiger partial charge in [0, 0.05) is 24.7 Å². The van der Waals surface area contributed by atoms with Crippen molar-refractivity contribution in [3.8, 4) is 5.75 Å². The van der Waals surface area contributed by atoms with Crippen molar-refractivity contribution < 1.29 is 14.3 Å². The molecule has 6 heteroatoms. The van der Waals surface area contributed by atoms with Crippen LogP contribution in [-0.4, -0.2) is 31.1 Å². The van der Waals surface area contributed by atoms with E-state index in [1.165, 1.54) is 0 Å². The Morgan fingerprint density at radius 2 is 2.27 bits per heavy atom. The summed E-state index contributed by atoms with van der Waals surface area (Å²) in [6, 6.07) is 6.81. The number of hydrogen-bond acceptors (Lipinski definition) is 3. The van der Waals surface area contributed by atoms with Gasteiger partial charge in [-0.2, -0.15) is 0 Å². The third-order valence-electron chi connectivity index (χ3n) is 3.37. The van der Waals surface area contributed by atoms with Crippen LogP contribution in [-0.2, 0) is 4.79 Å². The van der Waals surface area contributed by atoms with Crippen molar-refractivity contribution in [2.45, 2.75) is 32.7 Å². The first-order valence-corrected chi connectivity index (χ1v) is 7.60. The summed E-state index contributed by atoms with van der Waals surface area (Å²) < 4.78 is 5.66. The summed E-state index contributed by atoms with van der Waals surface area (Å²) in [6.07, 6.45) is 1.31. The van der Waals surface area contributed by atoms with E-state index in [9.17, 15) is 9.59 Å². The topological polar surface area (TPSA) is 79.5 Å². The van der Waals surface area contributed by atoms with Gasteiger partial charge in [-0.1, -0.05) is 19.9 Å². The summed E-state index contributed by atoms with van der Waals surface area (Å²) in [7, 11) is 0. The second-order valence-electron chi connectivity index (χ2n) is 5.86. The normalized spacial score (nSPS) is 17.2. The molecular formula is C16H23N3O3. The molecule has 1 aliphatic heterocycles. The van der Waals surface area contributed by atoms with Gasteiger partial charge >= 0.3 is 6.03 Å². The molecule has 1 aromatic rings. The predicted octanol–water partition coefficient (Wildman–Crippen LogP) is 2.12. The summed E-state index contributed by atoms with van der Waals surface area (Å²) >= 11 is 0. The van der Waals surface area contributed by atoms with Gasteiger partial charge in [0.1, 0.15) is 5.75 Å². The molecule has 1 unspecified atom stereocenters. The first-order valence-electron chi connectivity index (χ1n) is 7.60. The van der Waals surface area contributed by atoms with Gasteiger partial charge < -0.3 is 20.7 Å². The average Bonchev–Trinajstić information content (AvgIpc) is 2.84. The SMILES string of the molecule is CC(C)CCOc1cccc(NC(=O)NC2CNC(=O)C2)c1. The summed E-state index contributed by atoms with van der Waals surface area (Å²) in [4.78, 5) is 23.0. The number of hydrogen-bond donors (Lipinski definition) is 3. The van der Waals surface area contributed by atoms with E-state index in [2.05, 4.69) is 29.8 Å². The second-order valence-corrected chi connectivity index (χ2v) is 5.86. The van der Waals surface area contributed by atoms with Crippen molar-refractivity contribution in [2.75, 3.05) is 18.5 Å². The minimum absolute atomic E-state index is 0.0363. The highest BCUT2D eigenvalue weighted by atomic mass is 16.5. The van der Waals surface area contributed by atoms with E-state index in [4.69, 9.17) is 4.74 Å². The molecule has 1 aromatic carbocycles. The lowest BCUT2D eigenvalue weighted by atomic mass is 10.1. The van der Waals surface area contributed by atoms with Crippen molar-refractivity contribution in [3.63, 3.8) is 0 Å². The van der Waals surface area contributed by atoms with E-state index in [0.717, 1.165) is 12.2 Å². The Morgan fingerprint density at radius 1 is 1.45 bits per heavy atom. The quantitative estimate of drug-likeness (QED) is 0.753. The zero-order valence-electron chi connectivity index (χ0n) is 13.0. The lowest BCUT2D eigenvalue weighted by Crippen LogP contribution is -2.39. The number of carbonyl (C=O) groups is 2. The first-order chi connectivity index (χ1) is 10.5. The minimum Gasteiger partial charge on any atom is -0.494 e. The van der Waals surface area contributed by atoms with Crippen molar-refractivity contribution in [3.05, 3.63) is 24.3 Å². The third kappa shape index (κ3) is 5.27. The zero-order valence-corrected chi connectivity index (χ0v) is 13.0. The van der Waals surface area contributed by atoms with Crippen molar-refractivity contribution in [1.29, 1.82) is 0 Å². The largest absolute Gasteiger partial charge is 0.494 e. The van der Waals surface area contributed by atoms with Crippen LogP contribution in [0.4, 0.5) is 10.5 Å². The molecule has 120 valence electrons. The van der Waals surface area contributed by atoms with Gasteiger partial charge in [-0.05, 0) is 24.5 Å². The fourth-order valence-corrected chi connectivity index (χ4v) is 2.14. The summed E-state index contributed by atoms with van der Waals surface area (Å²) in [6.45, 7) is 5.43. The van der Waals surface area contributed by atoms with Gasteiger partial charge in [0.15, 0.2) is 0 Å². The third-order valence-corrected chi connectivity index (χ3v) is 3.37. The van der Waals surface area contributed by atoms with Crippen LogP contribution in [0.15, 0.2) is 24.3 Å². The Morgan fingerprint density at radius 3 is 2.95 bits per heavy atom. The van der Waals surface area contributed by atoms with Crippen molar-refractivity contribution in [1.82, 2.24) is 10.6 Å². The first kappa shape index (κ1) is 16.1. The average molecular weight is 305 g/mol. The molecule has 6 nitrogen and oxygen atoms in total. The summed E-state index contributed by atoms with van der Waals surface area (Å²) in [5, 5.41) is 8.19. The number of nitrogens with one attached hydrogen (secondary N) is 3. The molecular weight excluding hydrogens is 282 g/mol. The smallest absolute Gasteiger partial charge is 0.319 e. The molecule has 0 aliphatic carbocycles. The molecule has 1 aliphatic rings. The Kier molecular flexibility index (Phi) is 5.63. The Hall–Kier alpha value is -2.24. The molecule has 1 saturated heterocycles. The highest BCUT2D eigenvalue weighted by molar-refractivity contribution is 5.90. The van der Waals surface area contributed by atoms with Crippen molar-refractivity contribution in [2.24, 2.45) is 5.92 Å². The number of benzene rings is 1. The monoisotopic (exact) mass is 305 g/mol. The van der Waals surface area contributed by atoms with Gasteiger partial charge in [0.05, 0.1) is 12.6 Å². The highest BCUT2D eigenvalue weighted by Crippen LogP contribution is 2.18. The van der Waals surface area contributed by atoms with Gasteiger partial charge in [0.2, 0.25) is 5.91 Å². The van der Waals surface area contributed by atoms with Gasteiger partial charge in [0.25, 0.3) is 0 Å². The minimum atomic E-state index is -0.319. The number of urea groups is 1. The summed E-state index contributed by atoms with van der Waals surface area (Å²) in [5.41, 5.74) is 0.664. The fourth-order valence-electron chi connectivity index (χ4n) is 2.14. The van der Waals surface area contributed by atoms with Gasteiger partial charge in [-0.3, -0.25) is 4.79 Å². The second kappa shape index (κ2) is 7.68. The van der Waals surface area contributed by atoms with Gasteiger partial charge in [-0.15, -0.1) is 0 Å². The summed E-state index contributed by atoms with van der Waals surface area (Å²) in [5.74, 6) is 1.29. The number of ether oxygens (including phenoxy) is 1. The maximum Gasteiger partial charge on any atom is 0.319 e. The predicted molar refractivity (Wildman–Crippen MR) is 85.0 cm³/mol. The standard InChI is InChI=1S/C16H23N3O3/c1-11(2)6-7-22-14-5-3-4-12(8-14)18-16(21)19-13-9-15(20)17-10-13/h3-5,8,11,13H,6-7,9-10H2,1-2H3,(H,17,20)(H2,18,19,21). The number of amides is 3. The van der Waals surface area contributed by atoms with E-state index < -0.39 is 0 Å². The van der Waals surface area contributed by atoms with Crippen LogP contribution >= 0.6 is 0 Å². The number of carbonyl (C=O) groups excluding carboxylic acids is 2. The molecule has 1 heterocycles. The van der Waals surface area contributed by atoms with Crippen LogP contribution < -0.4 is 20.7 Å². The van der Waals surface area contributed by atoms with Crippen LogP contribution in [0.1, 0.15) is 26.7 Å². The number of anilines is 1. The maximum absolute atomic E-state index is 11.9. The Labute approximate surface area is 130 Å². The van der Waals surface area contributed by atoms with Crippen LogP contribution in [0.2, 0.25) is 0 Å². The number of rotatable bonds is 6. The molecule has 1 fully saturated rings. The van der Waals surface area contributed by atoms with Crippen LogP contribution in [0.25, 0.3) is 0 Å². The molecule has 0 aromatic heterocycles. The highest BCUT2D eigenvalue weighted by Gasteiger charge is 2.22. The van der Waals surface area contributed by atoms with Gasteiger partial charge in [-0.25, -0.2) is 4.79 Å². The molecule has 0 spiro atoms. The molecule has 0 bridgehead atoms. The van der Waals surface area contributed by atoms with E-state index in [1.807, 2.05) is 12.1 Å². The maximum atomic E-state index is 11.9. The van der Waals surface area contributed by atoms with E-state index in [-0.39, 0.29) is 18.0 Å². The van der Waals surface area contributed by atoms with Crippen molar-refractivity contribution >= 4 is 17.6 Å². The van der Waals surface area contributed by atoms with E-state index >= 15 is 0 Å². The molecule has 0 saturated carbocycles. The zero-order chi connectivity index (χ0) is 15.9. The van der Waals surface area contributed by atoms with E-state index in [1.54, 1.807) is 12.1 Å². The fraction of sp³-hybridized carbons (Fsp3) is 0.500. The molecule has 1 atom stereocenters. The molecule has 3 amide bonds. The molecule has 0 radical (unpaired) electrons. The van der Waals surface area contributed by atoms with Crippen LogP contribution in [0.5, 0.6) is 5.75 Å². The molecule has 3 N–H and O–H groups in total. The Balaban J connectivity index is 1.81. The molecule has 2 rings (SSSR count). The lowest BCUT2D eigenvalue weighted by Gasteiger charge is -2.13. The lowest BCUT2D eigenvalue weighted by molar-refractivity contribution is -0.119. The molecule has 22 heavy (non-hydrogen) atoms.